The Morgan fingerprint density at radius 2 is 1.65 bits per heavy atom. The normalized spacial score (nSPS) is 17.5. The van der Waals surface area contributed by atoms with Gasteiger partial charge >= 0.3 is 0 Å². The Hall–Kier alpha value is -2.73. The van der Waals surface area contributed by atoms with E-state index in [4.69, 9.17) is 0 Å². The van der Waals surface area contributed by atoms with Crippen LogP contribution in [0.2, 0.25) is 0 Å². The number of nitrogens with zero attached hydrogens (tertiary/aromatic N) is 3. The Balaban J connectivity index is 1.55. The molecule has 1 fully saturated rings. The quantitative estimate of drug-likeness (QED) is 0.712. The van der Waals surface area contributed by atoms with Gasteiger partial charge in [0.2, 0.25) is 15.9 Å². The fourth-order valence-corrected chi connectivity index (χ4v) is 5.29. The molecule has 0 aliphatic carbocycles. The van der Waals surface area contributed by atoms with Crippen molar-refractivity contribution in [2.45, 2.75) is 30.7 Å². The minimum atomic E-state index is -3.74. The zero-order valence-electron chi connectivity index (χ0n) is 17.9. The van der Waals surface area contributed by atoms with Gasteiger partial charge in [-0.25, -0.2) is 8.42 Å². The number of nitrogens with one attached hydrogen (secondary N) is 1. The summed E-state index contributed by atoms with van der Waals surface area (Å²) in [6, 6.07) is 17.9. The lowest BCUT2D eigenvalue weighted by atomic mass is 10.0. The summed E-state index contributed by atoms with van der Waals surface area (Å²) in [4.78, 5) is 14.7. The molecule has 1 amide bonds. The average molecular weight is 441 g/mol. The molecule has 8 heteroatoms. The Kier molecular flexibility index (Phi) is 7.44. The summed E-state index contributed by atoms with van der Waals surface area (Å²) in [5.74, 6) is 0.147. The monoisotopic (exact) mass is 440 g/mol. The van der Waals surface area contributed by atoms with Gasteiger partial charge in [0.05, 0.1) is 16.5 Å². The van der Waals surface area contributed by atoms with Crippen molar-refractivity contribution in [1.29, 1.82) is 5.26 Å². The van der Waals surface area contributed by atoms with Gasteiger partial charge in [0, 0.05) is 32.7 Å². The third-order valence-corrected chi connectivity index (χ3v) is 7.73. The number of sulfonamides is 1. The number of hydrogen-bond acceptors (Lipinski definition) is 5. The van der Waals surface area contributed by atoms with E-state index < -0.39 is 10.0 Å². The van der Waals surface area contributed by atoms with Crippen LogP contribution in [0.5, 0.6) is 0 Å². The van der Waals surface area contributed by atoms with E-state index in [1.54, 1.807) is 12.1 Å². The molecule has 3 rings (SSSR count). The smallest absolute Gasteiger partial charge is 0.244 e. The second kappa shape index (κ2) is 10.1. The first-order chi connectivity index (χ1) is 14.8. The highest BCUT2D eigenvalue weighted by atomic mass is 32.2. The van der Waals surface area contributed by atoms with Crippen molar-refractivity contribution in [2.24, 2.45) is 0 Å². The number of hydrogen-bond donors (Lipinski definition) is 1. The highest BCUT2D eigenvalue weighted by Crippen LogP contribution is 2.21. The molecule has 1 saturated heterocycles. The Morgan fingerprint density at radius 3 is 2.29 bits per heavy atom. The summed E-state index contributed by atoms with van der Waals surface area (Å²) in [6.07, 6.45) is 0. The van der Waals surface area contributed by atoms with E-state index in [-0.39, 0.29) is 41.4 Å². The number of carbonyl (C=O) groups excluding carboxylic acids is 1. The van der Waals surface area contributed by atoms with Crippen molar-refractivity contribution in [3.05, 3.63) is 65.7 Å². The molecule has 1 heterocycles. The van der Waals surface area contributed by atoms with Crippen molar-refractivity contribution in [2.75, 3.05) is 32.7 Å². The molecule has 0 aromatic heterocycles. The Bertz CT molecular complexity index is 1040. The van der Waals surface area contributed by atoms with Crippen molar-refractivity contribution >= 4 is 15.9 Å². The van der Waals surface area contributed by atoms with E-state index in [0.717, 1.165) is 0 Å². The first kappa shape index (κ1) is 22.9. The summed E-state index contributed by atoms with van der Waals surface area (Å²) < 4.78 is 27.3. The standard InChI is InChI=1S/C23H28N4O3S/c1-18(20-8-4-3-5-9-20)17-25-23(28)19(2)26-12-14-27(15-13-26)31(29,30)22-11-7-6-10-21(22)16-24/h3-11,18-19H,12-15,17H2,1-2H3,(H,25,28). The molecule has 0 radical (unpaired) electrons. The lowest BCUT2D eigenvalue weighted by molar-refractivity contribution is -0.126. The molecule has 0 bridgehead atoms. The lowest BCUT2D eigenvalue weighted by Gasteiger charge is -2.36. The Labute approximate surface area is 184 Å². The summed E-state index contributed by atoms with van der Waals surface area (Å²) in [7, 11) is -3.74. The summed E-state index contributed by atoms with van der Waals surface area (Å²) >= 11 is 0. The van der Waals surface area contributed by atoms with Crippen LogP contribution in [0.25, 0.3) is 0 Å². The van der Waals surface area contributed by atoms with E-state index >= 15 is 0 Å². The van der Waals surface area contributed by atoms with E-state index in [2.05, 4.69) is 12.2 Å². The maximum atomic E-state index is 13.0. The highest BCUT2D eigenvalue weighted by molar-refractivity contribution is 7.89. The van der Waals surface area contributed by atoms with E-state index in [1.165, 1.54) is 22.0 Å². The van der Waals surface area contributed by atoms with E-state index in [9.17, 15) is 18.5 Å². The van der Waals surface area contributed by atoms with Gasteiger partial charge < -0.3 is 5.32 Å². The third kappa shape index (κ3) is 5.31. The van der Waals surface area contributed by atoms with Crippen LogP contribution in [0.15, 0.2) is 59.5 Å². The molecule has 2 aromatic carbocycles. The molecule has 2 atom stereocenters. The van der Waals surface area contributed by atoms with Crippen LogP contribution in [0.3, 0.4) is 0 Å². The molecular formula is C23H28N4O3S. The predicted octanol–water partition coefficient (Wildman–Crippen LogP) is 2.17. The van der Waals surface area contributed by atoms with Gasteiger partial charge in [-0.3, -0.25) is 9.69 Å². The fourth-order valence-electron chi connectivity index (χ4n) is 3.72. The number of nitriles is 1. The van der Waals surface area contributed by atoms with Gasteiger partial charge in [-0.1, -0.05) is 49.4 Å². The van der Waals surface area contributed by atoms with Gasteiger partial charge in [0.1, 0.15) is 6.07 Å². The Morgan fingerprint density at radius 1 is 1.03 bits per heavy atom. The van der Waals surface area contributed by atoms with Crippen molar-refractivity contribution in [3.63, 3.8) is 0 Å². The van der Waals surface area contributed by atoms with E-state index in [0.29, 0.717) is 19.6 Å². The van der Waals surface area contributed by atoms with Crippen molar-refractivity contribution in [1.82, 2.24) is 14.5 Å². The molecule has 2 aromatic rings. The molecule has 31 heavy (non-hydrogen) atoms. The minimum Gasteiger partial charge on any atom is -0.354 e. The summed E-state index contributed by atoms with van der Waals surface area (Å²) in [5, 5.41) is 12.2. The molecule has 1 aliphatic rings. The van der Waals surface area contributed by atoms with Gasteiger partial charge in [-0.15, -0.1) is 0 Å². The molecule has 1 aliphatic heterocycles. The first-order valence-corrected chi connectivity index (χ1v) is 11.8. The number of rotatable bonds is 7. The highest BCUT2D eigenvalue weighted by Gasteiger charge is 2.32. The van der Waals surface area contributed by atoms with Gasteiger partial charge in [0.15, 0.2) is 0 Å². The SMILES string of the molecule is CC(CNC(=O)C(C)N1CCN(S(=O)(=O)c2ccccc2C#N)CC1)c1ccccc1. The third-order valence-electron chi connectivity index (χ3n) is 5.78. The van der Waals surface area contributed by atoms with Crippen LogP contribution in [0, 0.1) is 11.3 Å². The summed E-state index contributed by atoms with van der Waals surface area (Å²) in [6.45, 7) is 5.93. The zero-order chi connectivity index (χ0) is 22.4. The van der Waals surface area contributed by atoms with Crippen LogP contribution >= 0.6 is 0 Å². The van der Waals surface area contributed by atoms with Crippen LogP contribution < -0.4 is 5.32 Å². The van der Waals surface area contributed by atoms with Crippen molar-refractivity contribution < 1.29 is 13.2 Å². The second-order valence-electron chi connectivity index (χ2n) is 7.78. The lowest BCUT2D eigenvalue weighted by Crippen LogP contribution is -2.55. The molecule has 2 unspecified atom stereocenters. The molecule has 7 nitrogen and oxygen atoms in total. The second-order valence-corrected chi connectivity index (χ2v) is 9.69. The van der Waals surface area contributed by atoms with Crippen LogP contribution in [0.1, 0.15) is 30.9 Å². The predicted molar refractivity (Wildman–Crippen MR) is 119 cm³/mol. The minimum absolute atomic E-state index is 0.0339. The first-order valence-electron chi connectivity index (χ1n) is 10.4. The largest absolute Gasteiger partial charge is 0.354 e. The van der Waals surface area contributed by atoms with Gasteiger partial charge in [-0.05, 0) is 30.5 Å². The average Bonchev–Trinajstić information content (AvgIpc) is 2.82. The number of carbonyl (C=O) groups is 1. The topological polar surface area (TPSA) is 93.5 Å². The number of piperazine rings is 1. The van der Waals surface area contributed by atoms with Crippen LogP contribution in [0.4, 0.5) is 0 Å². The van der Waals surface area contributed by atoms with Crippen molar-refractivity contribution in [3.8, 4) is 6.07 Å². The molecule has 0 spiro atoms. The number of benzene rings is 2. The van der Waals surface area contributed by atoms with E-state index in [1.807, 2.05) is 48.2 Å². The molecular weight excluding hydrogens is 412 g/mol. The zero-order valence-corrected chi connectivity index (χ0v) is 18.7. The summed E-state index contributed by atoms with van der Waals surface area (Å²) in [5.41, 5.74) is 1.32. The van der Waals surface area contributed by atoms with Gasteiger partial charge in [-0.2, -0.15) is 9.57 Å². The molecule has 0 saturated carbocycles. The van der Waals surface area contributed by atoms with Gasteiger partial charge in [0.25, 0.3) is 0 Å². The van der Waals surface area contributed by atoms with Crippen LogP contribution in [-0.2, 0) is 14.8 Å². The fraction of sp³-hybridized carbons (Fsp3) is 0.391. The van der Waals surface area contributed by atoms with Crippen LogP contribution in [-0.4, -0.2) is 62.3 Å². The maximum Gasteiger partial charge on any atom is 0.244 e. The number of amides is 1. The molecule has 164 valence electrons. The maximum absolute atomic E-state index is 13.0. The molecule has 1 N–H and O–H groups in total.